The first kappa shape index (κ1) is 24.0. The molecule has 170 valence electrons. The van der Waals surface area contributed by atoms with Crippen LogP contribution in [0, 0.1) is 6.92 Å². The summed E-state index contributed by atoms with van der Waals surface area (Å²) in [5.41, 5.74) is 5.90. The number of thiophene rings is 1. The van der Waals surface area contributed by atoms with Crippen LogP contribution in [0.4, 0.5) is 5.00 Å². The smallest absolute Gasteiger partial charge is 0.341 e. The Labute approximate surface area is 200 Å². The highest BCUT2D eigenvalue weighted by molar-refractivity contribution is 9.10. The monoisotopic (exact) mass is 541 g/mol. The lowest BCUT2D eigenvalue weighted by Crippen LogP contribution is -2.17. The second-order valence-corrected chi connectivity index (χ2v) is 9.08. The van der Waals surface area contributed by atoms with Crippen molar-refractivity contribution in [1.82, 2.24) is 14.8 Å². The number of carbonyl (C=O) groups is 3. The summed E-state index contributed by atoms with van der Waals surface area (Å²) in [5, 5.41) is 11.8. The van der Waals surface area contributed by atoms with Gasteiger partial charge in [-0.2, -0.15) is 0 Å². The number of thioether (sulfide) groups is 1. The Morgan fingerprint density at radius 3 is 2.66 bits per heavy atom. The normalized spacial score (nSPS) is 10.9. The number of ether oxygens (including phenoxy) is 1. The van der Waals surface area contributed by atoms with E-state index in [0.717, 1.165) is 11.3 Å². The molecule has 0 unspecified atom stereocenters. The zero-order chi connectivity index (χ0) is 23.4. The number of rotatable bonds is 9. The van der Waals surface area contributed by atoms with Gasteiger partial charge in [0.15, 0.2) is 15.6 Å². The third-order valence-corrected chi connectivity index (χ3v) is 6.88. The molecule has 3 heterocycles. The predicted octanol–water partition coefficient (Wildman–Crippen LogP) is 3.70. The van der Waals surface area contributed by atoms with Crippen molar-refractivity contribution in [3.8, 4) is 11.6 Å². The van der Waals surface area contributed by atoms with E-state index < -0.39 is 11.9 Å². The van der Waals surface area contributed by atoms with E-state index in [1.54, 1.807) is 26.0 Å². The Morgan fingerprint density at radius 1 is 1.31 bits per heavy atom. The molecule has 0 aliphatic rings. The first-order chi connectivity index (χ1) is 15.3. The molecule has 0 fully saturated rings. The lowest BCUT2D eigenvalue weighted by molar-refractivity contribution is -0.113. The van der Waals surface area contributed by atoms with E-state index in [0.29, 0.717) is 33.5 Å². The molecule has 0 atom stereocenters. The van der Waals surface area contributed by atoms with Crippen molar-refractivity contribution in [3.05, 3.63) is 32.8 Å². The van der Waals surface area contributed by atoms with Crippen LogP contribution < -0.4 is 11.1 Å². The Balaban J connectivity index is 1.76. The van der Waals surface area contributed by atoms with Gasteiger partial charge in [0.05, 0.1) is 22.8 Å². The van der Waals surface area contributed by atoms with E-state index in [9.17, 15) is 14.4 Å². The van der Waals surface area contributed by atoms with Gasteiger partial charge in [-0.05, 0) is 54.4 Å². The summed E-state index contributed by atoms with van der Waals surface area (Å²) in [7, 11) is 0. The number of carbonyl (C=O) groups excluding carboxylic acids is 3. The first-order valence-corrected chi connectivity index (χ1v) is 12.1. The minimum Gasteiger partial charge on any atom is -0.462 e. The Morgan fingerprint density at radius 2 is 2.06 bits per heavy atom. The maximum Gasteiger partial charge on any atom is 0.341 e. The van der Waals surface area contributed by atoms with Crippen molar-refractivity contribution < 1.29 is 23.5 Å². The molecule has 2 amide bonds. The zero-order valence-electron chi connectivity index (χ0n) is 17.4. The number of aromatic nitrogens is 3. The van der Waals surface area contributed by atoms with Gasteiger partial charge in [-0.1, -0.05) is 11.8 Å². The molecule has 0 aliphatic heterocycles. The fourth-order valence-electron chi connectivity index (χ4n) is 2.88. The molecule has 0 bridgehead atoms. The van der Waals surface area contributed by atoms with Gasteiger partial charge in [0.1, 0.15) is 5.00 Å². The van der Waals surface area contributed by atoms with Gasteiger partial charge >= 0.3 is 5.97 Å². The summed E-state index contributed by atoms with van der Waals surface area (Å²) in [5.74, 6) is -0.589. The number of primary amides is 1. The van der Waals surface area contributed by atoms with E-state index in [-0.39, 0.29) is 33.7 Å². The number of furan rings is 1. The molecule has 0 aliphatic carbocycles. The highest BCUT2D eigenvalue weighted by atomic mass is 79.9. The van der Waals surface area contributed by atoms with Gasteiger partial charge < -0.3 is 20.2 Å². The van der Waals surface area contributed by atoms with E-state index in [2.05, 4.69) is 31.4 Å². The third kappa shape index (κ3) is 5.05. The molecule has 0 saturated carbocycles. The molecule has 0 saturated heterocycles. The topological polar surface area (TPSA) is 142 Å². The SMILES string of the molecule is CCOC(=O)c1c(NC(=O)CSc2nnc(-c3ccc(Br)o3)n2CC)sc(C(N)=O)c1C. The number of nitrogens with zero attached hydrogens (tertiary/aromatic N) is 3. The molecule has 10 nitrogen and oxygen atoms in total. The lowest BCUT2D eigenvalue weighted by Gasteiger charge is -2.08. The van der Waals surface area contributed by atoms with Crippen LogP contribution >= 0.6 is 39.0 Å². The van der Waals surface area contributed by atoms with Gasteiger partial charge in [-0.25, -0.2) is 4.79 Å². The van der Waals surface area contributed by atoms with Crippen LogP contribution in [0.5, 0.6) is 0 Å². The van der Waals surface area contributed by atoms with Crippen molar-refractivity contribution >= 4 is 61.8 Å². The highest BCUT2D eigenvalue weighted by Gasteiger charge is 2.26. The largest absolute Gasteiger partial charge is 0.462 e. The second-order valence-electron chi connectivity index (χ2n) is 6.34. The van der Waals surface area contributed by atoms with E-state index in [1.165, 1.54) is 11.8 Å². The van der Waals surface area contributed by atoms with E-state index in [4.69, 9.17) is 14.9 Å². The maximum atomic E-state index is 12.6. The molecule has 0 aromatic carbocycles. The number of nitrogens with two attached hydrogens (primary N) is 1. The number of nitrogens with one attached hydrogen (secondary N) is 1. The zero-order valence-corrected chi connectivity index (χ0v) is 20.6. The molecule has 3 aromatic heterocycles. The molecule has 3 rings (SSSR count). The van der Waals surface area contributed by atoms with Crippen LogP contribution in [0.3, 0.4) is 0 Å². The number of hydrogen-bond donors (Lipinski definition) is 2. The lowest BCUT2D eigenvalue weighted by atomic mass is 10.1. The number of hydrogen-bond acceptors (Lipinski definition) is 9. The van der Waals surface area contributed by atoms with Crippen molar-refractivity contribution in [2.24, 2.45) is 5.73 Å². The summed E-state index contributed by atoms with van der Waals surface area (Å²) >= 11 is 5.39. The maximum absolute atomic E-state index is 12.6. The fraction of sp³-hybridized carbons (Fsp3) is 0.316. The summed E-state index contributed by atoms with van der Waals surface area (Å²) < 4.78 is 13.0. The van der Waals surface area contributed by atoms with Crippen molar-refractivity contribution in [2.45, 2.75) is 32.5 Å². The Bertz CT molecular complexity index is 1170. The van der Waals surface area contributed by atoms with Gasteiger partial charge in [0.25, 0.3) is 5.91 Å². The van der Waals surface area contributed by atoms with Crippen LogP contribution in [0.1, 0.15) is 39.4 Å². The minimum absolute atomic E-state index is 0.00506. The number of anilines is 1. The Hall–Kier alpha value is -2.64. The van der Waals surface area contributed by atoms with Gasteiger partial charge in [0, 0.05) is 6.54 Å². The third-order valence-electron chi connectivity index (χ3n) is 4.26. The second kappa shape index (κ2) is 10.3. The summed E-state index contributed by atoms with van der Waals surface area (Å²) in [6.07, 6.45) is 0. The molecular weight excluding hydrogens is 522 g/mol. The molecule has 3 aromatic rings. The average molecular weight is 542 g/mol. The molecule has 13 heteroatoms. The summed E-state index contributed by atoms with van der Waals surface area (Å²) in [6, 6.07) is 3.53. The fourth-order valence-corrected chi connectivity index (χ4v) is 5.05. The van der Waals surface area contributed by atoms with Crippen molar-refractivity contribution in [1.29, 1.82) is 0 Å². The average Bonchev–Trinajstić information content (AvgIpc) is 3.43. The summed E-state index contributed by atoms with van der Waals surface area (Å²) in [6.45, 7) is 5.92. The van der Waals surface area contributed by atoms with E-state index in [1.807, 2.05) is 11.5 Å². The van der Waals surface area contributed by atoms with Gasteiger partial charge in [0.2, 0.25) is 11.7 Å². The van der Waals surface area contributed by atoms with Crippen molar-refractivity contribution in [2.75, 3.05) is 17.7 Å². The molecular formula is C19H20BrN5O5S2. The highest BCUT2D eigenvalue weighted by Crippen LogP contribution is 2.34. The molecule has 0 spiro atoms. The molecule has 32 heavy (non-hydrogen) atoms. The minimum atomic E-state index is -0.680. The number of esters is 1. The van der Waals surface area contributed by atoms with Crippen LogP contribution in [-0.4, -0.2) is 44.9 Å². The first-order valence-electron chi connectivity index (χ1n) is 9.48. The Kier molecular flexibility index (Phi) is 7.74. The van der Waals surface area contributed by atoms with Crippen LogP contribution in [0.15, 0.2) is 26.4 Å². The molecule has 3 N–H and O–H groups in total. The van der Waals surface area contributed by atoms with Crippen LogP contribution in [0.25, 0.3) is 11.6 Å². The van der Waals surface area contributed by atoms with Crippen LogP contribution in [0.2, 0.25) is 0 Å². The quantitative estimate of drug-likeness (QED) is 0.308. The number of halogens is 1. The molecule has 0 radical (unpaired) electrons. The van der Waals surface area contributed by atoms with Gasteiger partial charge in [-0.15, -0.1) is 21.5 Å². The van der Waals surface area contributed by atoms with Gasteiger partial charge in [-0.3, -0.25) is 14.2 Å². The van der Waals surface area contributed by atoms with Crippen LogP contribution in [-0.2, 0) is 16.1 Å². The standard InChI is InChI=1S/C19H20BrN5O5S2/c1-4-25-16(10-6-7-11(20)30-10)23-24-19(25)31-8-12(26)22-17-13(18(28)29-5-2)9(3)14(32-17)15(21)27/h6-7H,4-5,8H2,1-3H3,(H2,21,27)(H,22,26). The van der Waals surface area contributed by atoms with E-state index >= 15 is 0 Å². The number of amides is 2. The predicted molar refractivity (Wildman–Crippen MR) is 124 cm³/mol. The van der Waals surface area contributed by atoms with Crippen molar-refractivity contribution in [3.63, 3.8) is 0 Å². The summed E-state index contributed by atoms with van der Waals surface area (Å²) in [4.78, 5) is 36.8.